The molecule has 1 atom stereocenters. The minimum Gasteiger partial charge on any atom is -0.353 e. The van der Waals surface area contributed by atoms with Crippen LogP contribution in [0, 0.1) is 6.92 Å². The highest BCUT2D eigenvalue weighted by Crippen LogP contribution is 2.38. The number of carbonyl (C=O) groups excluding carboxylic acids is 1. The van der Waals surface area contributed by atoms with Gasteiger partial charge in [0, 0.05) is 56.0 Å². The SMILES string of the molecule is Cc1cc(N2CCN([N@@+]34C=CC=C3C=C(C(=O)N3CCSC3)C4)CC2)n(-c2ncccn2)n1. The number of nitrogens with zero attached hydrogens (tertiary/aromatic N) is 8. The molecule has 0 N–H and O–H groups in total. The molecule has 2 saturated heterocycles. The molecule has 0 spiro atoms. The first kappa shape index (κ1) is 20.6. The molecule has 170 valence electrons. The van der Waals surface area contributed by atoms with Gasteiger partial charge >= 0.3 is 0 Å². The molecular formula is C23H27N8OS+. The third-order valence-electron chi connectivity index (χ3n) is 6.73. The lowest BCUT2D eigenvalue weighted by atomic mass is 10.2. The van der Waals surface area contributed by atoms with Crippen LogP contribution in [0.1, 0.15) is 5.69 Å². The van der Waals surface area contributed by atoms with Crippen molar-refractivity contribution in [1.82, 2.24) is 29.7 Å². The summed E-state index contributed by atoms with van der Waals surface area (Å²) in [5.41, 5.74) is 3.06. The highest BCUT2D eigenvalue weighted by Gasteiger charge is 2.48. The fraction of sp³-hybridized carbons (Fsp3) is 0.391. The Kier molecular flexibility index (Phi) is 5.08. The van der Waals surface area contributed by atoms with Gasteiger partial charge in [-0.3, -0.25) is 4.79 Å². The maximum atomic E-state index is 13.1. The van der Waals surface area contributed by atoms with E-state index in [4.69, 9.17) is 0 Å². The number of aromatic nitrogens is 4. The Morgan fingerprint density at radius 1 is 1.12 bits per heavy atom. The van der Waals surface area contributed by atoms with E-state index >= 15 is 0 Å². The third-order valence-corrected chi connectivity index (χ3v) is 7.70. The molecule has 2 aromatic rings. The van der Waals surface area contributed by atoms with Crippen molar-refractivity contribution in [2.75, 3.05) is 55.8 Å². The van der Waals surface area contributed by atoms with Crippen LogP contribution in [0.25, 0.3) is 5.95 Å². The summed E-state index contributed by atoms with van der Waals surface area (Å²) < 4.78 is 2.47. The van der Waals surface area contributed by atoms with E-state index in [0.717, 1.165) is 61.4 Å². The monoisotopic (exact) mass is 463 g/mol. The summed E-state index contributed by atoms with van der Waals surface area (Å²) in [6, 6.07) is 3.91. The Labute approximate surface area is 197 Å². The maximum absolute atomic E-state index is 13.1. The molecule has 33 heavy (non-hydrogen) atoms. The van der Waals surface area contributed by atoms with Crippen LogP contribution in [0.5, 0.6) is 0 Å². The van der Waals surface area contributed by atoms with Crippen molar-refractivity contribution < 1.29 is 9.39 Å². The number of carbonyl (C=O) groups is 1. The molecule has 4 aliphatic heterocycles. The summed E-state index contributed by atoms with van der Waals surface area (Å²) in [4.78, 5) is 26.1. The normalized spacial score (nSPS) is 24.9. The third kappa shape index (κ3) is 3.49. The largest absolute Gasteiger partial charge is 0.353 e. The summed E-state index contributed by atoms with van der Waals surface area (Å²) >= 11 is 1.83. The zero-order valence-corrected chi connectivity index (χ0v) is 19.5. The minimum atomic E-state index is 0.196. The summed E-state index contributed by atoms with van der Waals surface area (Å²) in [5.74, 6) is 3.65. The second kappa shape index (κ2) is 8.12. The Morgan fingerprint density at radius 3 is 2.70 bits per heavy atom. The van der Waals surface area contributed by atoms with Crippen LogP contribution >= 0.6 is 11.8 Å². The van der Waals surface area contributed by atoms with E-state index < -0.39 is 0 Å². The molecule has 6 heterocycles. The molecule has 0 aliphatic carbocycles. The van der Waals surface area contributed by atoms with Gasteiger partial charge in [-0.25, -0.2) is 9.97 Å². The number of hydrogen-bond donors (Lipinski definition) is 0. The second-order valence-corrected chi connectivity index (χ2v) is 9.81. The van der Waals surface area contributed by atoms with Crippen LogP contribution < -0.4 is 4.90 Å². The van der Waals surface area contributed by atoms with Crippen LogP contribution in [-0.2, 0) is 4.79 Å². The van der Waals surface area contributed by atoms with Gasteiger partial charge in [0.25, 0.3) is 11.9 Å². The standard InChI is InChI=1S/C23H27N8OS/c1-18-14-21(30(26-18)23-24-5-3-6-25-23)27-7-9-29(10-8-27)31-12-2-4-20(31)15-19(16-31)22(32)28-11-13-33-17-28/h2-6,12,14-15H,7-11,13,16-17H2,1H3/q+1/t31-/m1/s1. The van der Waals surface area contributed by atoms with Gasteiger partial charge in [-0.15, -0.1) is 16.8 Å². The van der Waals surface area contributed by atoms with E-state index in [-0.39, 0.29) is 5.91 Å². The number of aryl methyl sites for hydroxylation is 1. The number of fused-ring (bicyclic) bond motifs is 1. The molecule has 9 nitrogen and oxygen atoms in total. The minimum absolute atomic E-state index is 0.196. The zero-order valence-electron chi connectivity index (χ0n) is 18.7. The van der Waals surface area contributed by atoms with E-state index in [9.17, 15) is 4.79 Å². The van der Waals surface area contributed by atoms with E-state index in [2.05, 4.69) is 55.5 Å². The summed E-state index contributed by atoms with van der Waals surface area (Å²) in [6.07, 6.45) is 12.1. The van der Waals surface area contributed by atoms with E-state index in [0.29, 0.717) is 17.1 Å². The molecule has 1 amide bonds. The fourth-order valence-electron chi connectivity index (χ4n) is 5.09. The Hall–Kier alpha value is -2.95. The smallest absolute Gasteiger partial charge is 0.256 e. The lowest BCUT2D eigenvalue weighted by molar-refractivity contribution is -0.948. The number of quaternary nitrogens is 1. The number of rotatable bonds is 4. The van der Waals surface area contributed by atoms with Crippen LogP contribution in [0.3, 0.4) is 0 Å². The van der Waals surface area contributed by atoms with Crippen molar-refractivity contribution in [3.63, 3.8) is 0 Å². The second-order valence-electron chi connectivity index (χ2n) is 8.74. The van der Waals surface area contributed by atoms with E-state index in [1.807, 2.05) is 34.3 Å². The van der Waals surface area contributed by atoms with E-state index in [1.54, 1.807) is 12.4 Å². The number of thioether (sulfide) groups is 1. The maximum Gasteiger partial charge on any atom is 0.256 e. The highest BCUT2D eigenvalue weighted by molar-refractivity contribution is 7.99. The topological polar surface area (TPSA) is 70.4 Å². The van der Waals surface area contributed by atoms with Gasteiger partial charge < -0.3 is 9.80 Å². The van der Waals surface area contributed by atoms with Crippen molar-refractivity contribution in [2.45, 2.75) is 6.92 Å². The number of amides is 1. The average Bonchev–Trinajstić information content (AvgIpc) is 3.62. The van der Waals surface area contributed by atoms with Gasteiger partial charge in [0.15, 0.2) is 5.70 Å². The number of allylic oxidation sites excluding steroid dienone is 3. The summed E-state index contributed by atoms with van der Waals surface area (Å²) in [7, 11) is 0. The molecule has 6 rings (SSSR count). The first-order valence-electron chi connectivity index (χ1n) is 11.3. The molecule has 0 aromatic carbocycles. The lowest BCUT2D eigenvalue weighted by Gasteiger charge is -2.44. The number of hydrogen-bond acceptors (Lipinski definition) is 7. The van der Waals surface area contributed by atoms with Crippen molar-refractivity contribution >= 4 is 23.5 Å². The van der Waals surface area contributed by atoms with Crippen molar-refractivity contribution in [2.24, 2.45) is 0 Å². The van der Waals surface area contributed by atoms with Gasteiger partial charge in [-0.05, 0) is 19.1 Å². The van der Waals surface area contributed by atoms with Gasteiger partial charge in [0.05, 0.1) is 30.2 Å². The Balaban J connectivity index is 1.18. The molecule has 0 bridgehead atoms. The molecule has 0 saturated carbocycles. The quantitative estimate of drug-likeness (QED) is 0.640. The van der Waals surface area contributed by atoms with Gasteiger partial charge in [-0.2, -0.15) is 14.4 Å². The average molecular weight is 464 g/mol. The van der Waals surface area contributed by atoms with Crippen LogP contribution in [0.4, 0.5) is 5.82 Å². The van der Waals surface area contributed by atoms with Crippen molar-refractivity contribution in [3.8, 4) is 5.95 Å². The Morgan fingerprint density at radius 2 is 1.94 bits per heavy atom. The summed E-state index contributed by atoms with van der Waals surface area (Å²) in [6.45, 7) is 7.06. The summed E-state index contributed by atoms with van der Waals surface area (Å²) in [5, 5.41) is 7.11. The molecule has 2 aromatic heterocycles. The molecule has 0 radical (unpaired) electrons. The Bertz CT molecular complexity index is 1160. The van der Waals surface area contributed by atoms with Gasteiger partial charge in [0.2, 0.25) is 0 Å². The molecule has 10 heteroatoms. The van der Waals surface area contributed by atoms with E-state index in [1.165, 1.54) is 5.70 Å². The highest BCUT2D eigenvalue weighted by atomic mass is 32.2. The molecule has 4 aliphatic rings. The fourth-order valence-corrected chi connectivity index (χ4v) is 6.04. The van der Waals surface area contributed by atoms with Gasteiger partial charge in [0.1, 0.15) is 18.6 Å². The predicted molar refractivity (Wildman–Crippen MR) is 127 cm³/mol. The van der Waals surface area contributed by atoms with Crippen LogP contribution in [0.2, 0.25) is 0 Å². The van der Waals surface area contributed by atoms with Crippen molar-refractivity contribution in [1.29, 1.82) is 0 Å². The first-order valence-corrected chi connectivity index (χ1v) is 12.5. The van der Waals surface area contributed by atoms with Crippen molar-refractivity contribution in [3.05, 3.63) is 65.9 Å². The van der Waals surface area contributed by atoms with Gasteiger partial charge in [-0.1, -0.05) is 0 Å². The first-order chi connectivity index (χ1) is 16.1. The number of anilines is 1. The van der Waals surface area contributed by atoms with Crippen LogP contribution in [-0.4, -0.2) is 91.1 Å². The van der Waals surface area contributed by atoms with Crippen LogP contribution in [0.15, 0.2) is 60.2 Å². The molecule has 0 unspecified atom stereocenters. The molecular weight excluding hydrogens is 436 g/mol. The predicted octanol–water partition coefficient (Wildman–Crippen LogP) is 1.71. The molecule has 2 fully saturated rings. The number of piperazine rings is 1. The lowest BCUT2D eigenvalue weighted by Crippen LogP contribution is -2.60. The zero-order chi connectivity index (χ0) is 22.4.